The second-order valence-electron chi connectivity index (χ2n) is 4.92. The van der Waals surface area contributed by atoms with Gasteiger partial charge in [0.2, 0.25) is 0 Å². The van der Waals surface area contributed by atoms with Crippen molar-refractivity contribution in [1.82, 2.24) is 0 Å². The van der Waals surface area contributed by atoms with Gasteiger partial charge in [0.15, 0.2) is 5.60 Å². The molecule has 0 saturated carbocycles. The summed E-state index contributed by atoms with van der Waals surface area (Å²) in [5.41, 5.74) is -0.490. The van der Waals surface area contributed by atoms with Crippen molar-refractivity contribution in [2.45, 2.75) is 39.2 Å². The summed E-state index contributed by atoms with van der Waals surface area (Å²) in [6.45, 7) is 5.64. The number of carbonyl (C=O) groups excluding carboxylic acids is 1. The summed E-state index contributed by atoms with van der Waals surface area (Å²) in [7, 11) is 1.61. The first-order valence-corrected chi connectivity index (χ1v) is 7.01. The number of methoxy groups -OCH3 is 1. The lowest BCUT2D eigenvalue weighted by Gasteiger charge is -2.31. The number of hydrogen-bond acceptors (Lipinski definition) is 4. The fourth-order valence-electron chi connectivity index (χ4n) is 2.32. The molecule has 2 atom stereocenters. The molecule has 0 radical (unpaired) electrons. The summed E-state index contributed by atoms with van der Waals surface area (Å²) in [5.74, 6) is -0.0468. The standard InChI is InChI=1S/C16H24O4/c1-5-16(18,15(17)20-6-2)12(3)11-13-9-7-8-10-14(13)19-4/h7-10,12,18H,5-6,11H2,1-4H3. The molecule has 4 nitrogen and oxygen atoms in total. The van der Waals surface area contributed by atoms with Crippen molar-refractivity contribution in [1.29, 1.82) is 0 Å². The zero-order valence-corrected chi connectivity index (χ0v) is 12.7. The van der Waals surface area contributed by atoms with Gasteiger partial charge in [0.05, 0.1) is 13.7 Å². The fraction of sp³-hybridized carbons (Fsp3) is 0.562. The van der Waals surface area contributed by atoms with Crippen molar-refractivity contribution >= 4 is 5.97 Å². The first-order valence-electron chi connectivity index (χ1n) is 7.01. The Morgan fingerprint density at radius 2 is 2.00 bits per heavy atom. The van der Waals surface area contributed by atoms with E-state index in [1.54, 1.807) is 21.0 Å². The van der Waals surface area contributed by atoms with E-state index in [2.05, 4.69) is 0 Å². The highest BCUT2D eigenvalue weighted by atomic mass is 16.5. The van der Waals surface area contributed by atoms with Crippen molar-refractivity contribution in [3.63, 3.8) is 0 Å². The molecule has 0 saturated heterocycles. The number of carbonyl (C=O) groups is 1. The van der Waals surface area contributed by atoms with Crippen LogP contribution in [0.1, 0.15) is 32.8 Å². The van der Waals surface area contributed by atoms with Crippen LogP contribution in [0.3, 0.4) is 0 Å². The van der Waals surface area contributed by atoms with Crippen molar-refractivity contribution < 1.29 is 19.4 Å². The van der Waals surface area contributed by atoms with Crippen molar-refractivity contribution in [2.24, 2.45) is 5.92 Å². The Morgan fingerprint density at radius 3 is 2.55 bits per heavy atom. The molecule has 4 heteroatoms. The molecule has 0 spiro atoms. The van der Waals surface area contributed by atoms with E-state index in [1.165, 1.54) is 0 Å². The van der Waals surface area contributed by atoms with Crippen LogP contribution in [-0.2, 0) is 16.0 Å². The van der Waals surface area contributed by atoms with Crippen LogP contribution >= 0.6 is 0 Å². The van der Waals surface area contributed by atoms with E-state index >= 15 is 0 Å². The van der Waals surface area contributed by atoms with Gasteiger partial charge in [0.1, 0.15) is 5.75 Å². The monoisotopic (exact) mass is 280 g/mol. The third-order valence-electron chi connectivity index (χ3n) is 3.70. The van der Waals surface area contributed by atoms with E-state index in [-0.39, 0.29) is 12.5 Å². The Kier molecular flexibility index (Phi) is 6.02. The molecule has 0 amide bonds. The van der Waals surface area contributed by atoms with Crippen LogP contribution in [-0.4, -0.2) is 30.4 Å². The molecule has 0 aliphatic rings. The molecular formula is C16H24O4. The van der Waals surface area contributed by atoms with Gasteiger partial charge < -0.3 is 14.6 Å². The molecule has 20 heavy (non-hydrogen) atoms. The smallest absolute Gasteiger partial charge is 0.338 e. The highest BCUT2D eigenvalue weighted by molar-refractivity contribution is 5.79. The minimum Gasteiger partial charge on any atom is -0.496 e. The van der Waals surface area contributed by atoms with E-state index in [0.717, 1.165) is 11.3 Å². The summed E-state index contributed by atoms with van der Waals surface area (Å²) in [5, 5.41) is 10.6. The number of ether oxygens (including phenoxy) is 2. The van der Waals surface area contributed by atoms with Gasteiger partial charge in [-0.2, -0.15) is 0 Å². The highest BCUT2D eigenvalue weighted by Gasteiger charge is 2.41. The van der Waals surface area contributed by atoms with Gasteiger partial charge in [-0.15, -0.1) is 0 Å². The maximum atomic E-state index is 12.0. The molecule has 112 valence electrons. The molecule has 1 aromatic rings. The molecule has 0 aliphatic heterocycles. The fourth-order valence-corrected chi connectivity index (χ4v) is 2.32. The lowest BCUT2D eigenvalue weighted by molar-refractivity contribution is -0.171. The average molecular weight is 280 g/mol. The molecule has 0 aliphatic carbocycles. The van der Waals surface area contributed by atoms with Crippen molar-refractivity contribution in [3.8, 4) is 5.75 Å². The number of para-hydroxylation sites is 1. The Balaban J connectivity index is 2.92. The molecule has 0 bridgehead atoms. The van der Waals surface area contributed by atoms with Gasteiger partial charge in [-0.1, -0.05) is 32.0 Å². The van der Waals surface area contributed by atoms with Crippen molar-refractivity contribution in [2.75, 3.05) is 13.7 Å². The summed E-state index contributed by atoms with van der Waals surface area (Å²) < 4.78 is 10.3. The lowest BCUT2D eigenvalue weighted by Crippen LogP contribution is -2.46. The maximum absolute atomic E-state index is 12.0. The van der Waals surface area contributed by atoms with Gasteiger partial charge in [-0.25, -0.2) is 4.79 Å². The van der Waals surface area contributed by atoms with Crippen LogP contribution in [0.5, 0.6) is 5.75 Å². The topological polar surface area (TPSA) is 55.8 Å². The Hall–Kier alpha value is -1.55. The number of aliphatic hydroxyl groups is 1. The van der Waals surface area contributed by atoms with E-state index in [4.69, 9.17) is 9.47 Å². The number of benzene rings is 1. The van der Waals surface area contributed by atoms with Crippen molar-refractivity contribution in [3.05, 3.63) is 29.8 Å². The first kappa shape index (κ1) is 16.5. The van der Waals surface area contributed by atoms with Crippen LogP contribution < -0.4 is 4.74 Å². The predicted molar refractivity (Wildman–Crippen MR) is 77.7 cm³/mol. The highest BCUT2D eigenvalue weighted by Crippen LogP contribution is 2.29. The molecule has 1 N–H and O–H groups in total. The summed E-state index contributed by atoms with van der Waals surface area (Å²) in [6, 6.07) is 7.62. The van der Waals surface area contributed by atoms with E-state index in [1.807, 2.05) is 31.2 Å². The first-order chi connectivity index (χ1) is 9.49. The summed E-state index contributed by atoms with van der Waals surface area (Å²) in [6.07, 6.45) is 0.870. The Labute approximate surface area is 120 Å². The van der Waals surface area contributed by atoms with Gasteiger partial charge in [0.25, 0.3) is 0 Å². The molecule has 0 aromatic heterocycles. The third-order valence-corrected chi connectivity index (χ3v) is 3.70. The maximum Gasteiger partial charge on any atom is 0.338 e. The molecular weight excluding hydrogens is 256 g/mol. The van der Waals surface area contributed by atoms with Crippen LogP contribution in [0.25, 0.3) is 0 Å². The molecule has 2 unspecified atom stereocenters. The van der Waals surface area contributed by atoms with Gasteiger partial charge in [0, 0.05) is 0 Å². The van der Waals surface area contributed by atoms with Gasteiger partial charge >= 0.3 is 5.97 Å². The lowest BCUT2D eigenvalue weighted by atomic mass is 9.82. The minimum atomic E-state index is -1.46. The SMILES string of the molecule is CCOC(=O)C(O)(CC)C(C)Cc1ccccc1OC. The van der Waals surface area contributed by atoms with Gasteiger partial charge in [-0.05, 0) is 37.3 Å². The molecule has 0 fully saturated rings. The van der Waals surface area contributed by atoms with Crippen LogP contribution in [0.2, 0.25) is 0 Å². The van der Waals surface area contributed by atoms with E-state index in [9.17, 15) is 9.90 Å². The zero-order valence-electron chi connectivity index (χ0n) is 12.7. The normalized spacial score (nSPS) is 15.2. The number of rotatable bonds is 7. The molecule has 0 heterocycles. The molecule has 1 rings (SSSR count). The minimum absolute atomic E-state index is 0.261. The Bertz CT molecular complexity index is 444. The summed E-state index contributed by atoms with van der Waals surface area (Å²) in [4.78, 5) is 12.0. The third kappa shape index (κ3) is 3.51. The second kappa shape index (κ2) is 7.29. The quantitative estimate of drug-likeness (QED) is 0.780. The van der Waals surface area contributed by atoms with E-state index < -0.39 is 11.6 Å². The second-order valence-corrected chi connectivity index (χ2v) is 4.92. The summed E-state index contributed by atoms with van der Waals surface area (Å²) >= 11 is 0. The van der Waals surface area contributed by atoms with Crippen LogP contribution in [0.4, 0.5) is 0 Å². The molecule has 1 aromatic carbocycles. The zero-order chi connectivity index (χ0) is 15.2. The average Bonchev–Trinajstić information content (AvgIpc) is 2.47. The van der Waals surface area contributed by atoms with Crippen LogP contribution in [0, 0.1) is 5.92 Å². The number of hydrogen-bond donors (Lipinski definition) is 1. The van der Waals surface area contributed by atoms with Gasteiger partial charge in [-0.3, -0.25) is 0 Å². The Morgan fingerprint density at radius 1 is 1.35 bits per heavy atom. The van der Waals surface area contributed by atoms with E-state index in [0.29, 0.717) is 12.8 Å². The predicted octanol–water partition coefficient (Wildman–Crippen LogP) is 2.58. The largest absolute Gasteiger partial charge is 0.496 e. The number of esters is 1. The van der Waals surface area contributed by atoms with Crippen LogP contribution in [0.15, 0.2) is 24.3 Å².